The predicted molar refractivity (Wildman–Crippen MR) is 203 cm³/mol. The van der Waals surface area contributed by atoms with Crippen LogP contribution in [0.1, 0.15) is 6.85 Å². The van der Waals surface area contributed by atoms with E-state index in [4.69, 9.17) is 21.2 Å². The Kier molecular flexibility index (Phi) is 5.35. The van der Waals surface area contributed by atoms with Crippen LogP contribution in [0.5, 0.6) is 0 Å². The highest BCUT2D eigenvalue weighted by Gasteiger charge is 2.20. The van der Waals surface area contributed by atoms with Crippen LogP contribution < -0.4 is 0 Å². The summed E-state index contributed by atoms with van der Waals surface area (Å²) in [6.45, 7) is 0. The number of nitrogens with zero attached hydrogens (tertiary/aromatic N) is 4. The number of furan rings is 1. The molecule has 0 fully saturated rings. The van der Waals surface area contributed by atoms with Crippen LogP contribution in [-0.4, -0.2) is 19.5 Å². The fraction of sp³-hybridized carbons (Fsp3) is 0. The maximum Gasteiger partial charge on any atom is 0.164 e. The molecule has 0 N–H and O–H groups in total. The molecule has 0 spiro atoms. The summed E-state index contributed by atoms with van der Waals surface area (Å²) >= 11 is 0. The second-order valence-corrected chi connectivity index (χ2v) is 12.1. The summed E-state index contributed by atoms with van der Waals surface area (Å²) in [5.74, 6) is 0.580. The van der Waals surface area contributed by atoms with Gasteiger partial charge in [-0.2, -0.15) is 0 Å². The number of aromatic nitrogens is 4. The lowest BCUT2D eigenvalue weighted by Gasteiger charge is -2.11. The van der Waals surface area contributed by atoms with Crippen molar-refractivity contribution in [2.45, 2.75) is 0 Å². The molecule has 3 heterocycles. The first-order valence-electron chi connectivity index (χ1n) is 18.8. The molecule has 10 aromatic rings. The quantitative estimate of drug-likeness (QED) is 0.187. The Labute approximate surface area is 294 Å². The smallest absolute Gasteiger partial charge is 0.164 e. The minimum Gasteiger partial charge on any atom is -0.456 e. The molecular weight excluding hydrogens is 613 g/mol. The van der Waals surface area contributed by atoms with Gasteiger partial charge in [0, 0.05) is 32.8 Å². The Morgan fingerprint density at radius 1 is 0.440 bits per heavy atom. The normalized spacial score (nSPS) is 13.0. The molecule has 0 aliphatic heterocycles. The van der Waals surface area contributed by atoms with E-state index in [0.29, 0.717) is 22.5 Å². The number of fused-ring (bicyclic) bond motifs is 6. The van der Waals surface area contributed by atoms with Crippen LogP contribution in [0.15, 0.2) is 174 Å². The van der Waals surface area contributed by atoms with Gasteiger partial charge in [-0.1, -0.05) is 127 Å². The van der Waals surface area contributed by atoms with Crippen molar-refractivity contribution in [1.29, 1.82) is 0 Å². The Morgan fingerprint density at radius 2 is 1.10 bits per heavy atom. The van der Waals surface area contributed by atoms with Gasteiger partial charge in [-0.3, -0.25) is 0 Å². The fourth-order valence-electron chi connectivity index (χ4n) is 6.87. The fourth-order valence-corrected chi connectivity index (χ4v) is 6.87. The zero-order chi connectivity index (χ0) is 37.4. The molecule has 3 aromatic heterocycles. The van der Waals surface area contributed by atoms with E-state index in [1.165, 1.54) is 0 Å². The SMILES string of the molecule is [2H]c1c([2H])c([2H])c(-c2nc(-c3ccccc3)nc(-c3ccc4oc5cccc(-n6c7ccccc7c7ccc(-c8ccccc8)cc76)c5c4c3)n2)c([2H])c1[2H]. The second-order valence-electron chi connectivity index (χ2n) is 12.1. The molecule has 0 radical (unpaired) electrons. The Morgan fingerprint density at radius 3 is 1.90 bits per heavy atom. The molecule has 0 aliphatic carbocycles. The minimum absolute atomic E-state index is 0.0156. The Hall–Kier alpha value is -6.85. The van der Waals surface area contributed by atoms with Crippen LogP contribution in [0.4, 0.5) is 0 Å². The van der Waals surface area contributed by atoms with E-state index in [-0.39, 0.29) is 29.3 Å². The van der Waals surface area contributed by atoms with Gasteiger partial charge in [-0.25, -0.2) is 15.0 Å². The highest BCUT2D eigenvalue weighted by Crippen LogP contribution is 2.40. The summed E-state index contributed by atoms with van der Waals surface area (Å²) in [5.41, 5.74) is 7.97. The van der Waals surface area contributed by atoms with Crippen LogP contribution in [0.25, 0.3) is 94.7 Å². The second kappa shape index (κ2) is 11.4. The Bertz CT molecular complexity index is 3130. The van der Waals surface area contributed by atoms with E-state index < -0.39 is 18.1 Å². The average molecular weight is 646 g/mol. The van der Waals surface area contributed by atoms with E-state index in [1.54, 1.807) is 0 Å². The number of hydrogen-bond acceptors (Lipinski definition) is 4. The first kappa shape index (κ1) is 23.5. The highest BCUT2D eigenvalue weighted by atomic mass is 16.3. The molecule has 0 aliphatic rings. The zero-order valence-corrected chi connectivity index (χ0v) is 26.5. The lowest BCUT2D eigenvalue weighted by Crippen LogP contribution is -2.00. The molecule has 10 rings (SSSR count). The molecule has 0 saturated carbocycles. The third-order valence-electron chi connectivity index (χ3n) is 9.14. The molecule has 5 heteroatoms. The number of benzene rings is 7. The topological polar surface area (TPSA) is 56.7 Å². The lowest BCUT2D eigenvalue weighted by atomic mass is 10.0. The summed E-state index contributed by atoms with van der Waals surface area (Å²) in [5, 5.41) is 4.04. The van der Waals surface area contributed by atoms with E-state index in [2.05, 4.69) is 70.2 Å². The van der Waals surface area contributed by atoms with Crippen LogP contribution in [0.2, 0.25) is 0 Å². The van der Waals surface area contributed by atoms with Crippen molar-refractivity contribution in [3.63, 3.8) is 0 Å². The van der Waals surface area contributed by atoms with Gasteiger partial charge >= 0.3 is 0 Å². The van der Waals surface area contributed by atoms with Crippen molar-refractivity contribution in [2.75, 3.05) is 0 Å². The van der Waals surface area contributed by atoms with Crippen molar-refractivity contribution >= 4 is 43.7 Å². The van der Waals surface area contributed by atoms with Crippen LogP contribution in [-0.2, 0) is 0 Å². The van der Waals surface area contributed by atoms with Crippen molar-refractivity contribution < 1.29 is 11.3 Å². The number of hydrogen-bond donors (Lipinski definition) is 0. The first-order valence-corrected chi connectivity index (χ1v) is 16.3. The van der Waals surface area contributed by atoms with Crippen molar-refractivity contribution in [3.05, 3.63) is 170 Å². The average Bonchev–Trinajstić information content (AvgIpc) is 3.78. The van der Waals surface area contributed by atoms with E-state index in [1.807, 2.05) is 78.9 Å². The molecule has 234 valence electrons. The predicted octanol–water partition coefficient (Wildman–Crippen LogP) is 11.5. The molecule has 0 saturated heterocycles. The van der Waals surface area contributed by atoms with Crippen molar-refractivity contribution in [2.24, 2.45) is 0 Å². The minimum atomic E-state index is -0.482. The van der Waals surface area contributed by atoms with Crippen LogP contribution >= 0.6 is 0 Å². The maximum absolute atomic E-state index is 8.68. The van der Waals surface area contributed by atoms with Crippen LogP contribution in [0, 0.1) is 0 Å². The number of rotatable bonds is 5. The monoisotopic (exact) mass is 645 g/mol. The van der Waals surface area contributed by atoms with Gasteiger partial charge in [0.15, 0.2) is 17.5 Å². The van der Waals surface area contributed by atoms with Gasteiger partial charge in [0.1, 0.15) is 11.2 Å². The molecule has 7 aromatic carbocycles. The van der Waals surface area contributed by atoms with Crippen molar-refractivity contribution in [1.82, 2.24) is 19.5 Å². The summed E-state index contributed by atoms with van der Waals surface area (Å²) < 4.78 is 50.9. The molecule has 0 bridgehead atoms. The first-order chi connectivity index (χ1) is 26.9. The molecule has 0 atom stereocenters. The summed E-state index contributed by atoms with van der Waals surface area (Å²) in [6, 6.07) is 44.4. The zero-order valence-electron chi connectivity index (χ0n) is 31.5. The third kappa shape index (κ3) is 4.60. The lowest BCUT2D eigenvalue weighted by molar-refractivity contribution is 0.669. The van der Waals surface area contributed by atoms with E-state index >= 15 is 0 Å². The maximum atomic E-state index is 8.68. The molecule has 50 heavy (non-hydrogen) atoms. The summed E-state index contributed by atoms with van der Waals surface area (Å²) in [4.78, 5) is 14.3. The van der Waals surface area contributed by atoms with E-state index in [0.717, 1.165) is 55.0 Å². The Balaban J connectivity index is 1.22. The van der Waals surface area contributed by atoms with E-state index in [9.17, 15) is 0 Å². The van der Waals surface area contributed by atoms with Gasteiger partial charge in [0.25, 0.3) is 0 Å². The largest absolute Gasteiger partial charge is 0.456 e. The van der Waals surface area contributed by atoms with Gasteiger partial charge < -0.3 is 8.98 Å². The van der Waals surface area contributed by atoms with Gasteiger partial charge in [-0.05, 0) is 53.6 Å². The standard InChI is InChI=1S/C45H28N4O/c1-4-13-29(14-5-1)32-23-25-35-34-19-10-11-20-37(34)49(39(35)28-32)38-21-12-22-41-42(38)36-27-33(24-26-40(36)50-41)45-47-43(30-15-6-2-7-16-30)46-44(48-45)31-17-8-3-9-18-31/h1-28H/i2D,6D,7D,15D,16D. The highest BCUT2D eigenvalue weighted by molar-refractivity contribution is 6.15. The van der Waals surface area contributed by atoms with Gasteiger partial charge in [-0.15, -0.1) is 0 Å². The summed E-state index contributed by atoms with van der Waals surface area (Å²) in [7, 11) is 0. The molecule has 0 amide bonds. The van der Waals surface area contributed by atoms with Gasteiger partial charge in [0.2, 0.25) is 0 Å². The molecule has 5 nitrogen and oxygen atoms in total. The summed E-state index contributed by atoms with van der Waals surface area (Å²) in [6.07, 6.45) is 0. The molecule has 0 unspecified atom stereocenters. The molecular formula is C45H28N4O. The number of para-hydroxylation sites is 1. The van der Waals surface area contributed by atoms with Crippen molar-refractivity contribution in [3.8, 4) is 51.0 Å². The van der Waals surface area contributed by atoms with Crippen LogP contribution in [0.3, 0.4) is 0 Å². The van der Waals surface area contributed by atoms with Gasteiger partial charge in [0.05, 0.1) is 29.0 Å². The third-order valence-corrected chi connectivity index (χ3v) is 9.14.